The van der Waals surface area contributed by atoms with Gasteiger partial charge in [-0.05, 0) is 69.3 Å². The van der Waals surface area contributed by atoms with Gasteiger partial charge < -0.3 is 15.1 Å². The maximum absolute atomic E-state index is 15.0. The Balaban J connectivity index is 1.20. The largest absolute Gasteiger partial charge is 0.328 e. The minimum absolute atomic E-state index is 0.0909. The Morgan fingerprint density at radius 1 is 1.11 bits per heavy atom. The van der Waals surface area contributed by atoms with E-state index in [1.165, 1.54) is 25.0 Å². The van der Waals surface area contributed by atoms with E-state index in [4.69, 9.17) is 0 Å². The van der Waals surface area contributed by atoms with Crippen LogP contribution in [0.25, 0.3) is 0 Å². The van der Waals surface area contributed by atoms with Crippen molar-refractivity contribution in [2.45, 2.75) is 75.8 Å². The molecule has 0 radical (unpaired) electrons. The predicted octanol–water partition coefficient (Wildman–Crippen LogP) is 4.29. The first kappa shape index (κ1) is 25.1. The van der Waals surface area contributed by atoms with Crippen LogP contribution < -0.4 is 5.32 Å². The number of carbonyl (C=O) groups is 2. The van der Waals surface area contributed by atoms with Crippen molar-refractivity contribution in [2.75, 3.05) is 26.2 Å². The van der Waals surface area contributed by atoms with Crippen LogP contribution in [0.2, 0.25) is 0 Å². The van der Waals surface area contributed by atoms with Crippen LogP contribution in [0.5, 0.6) is 0 Å². The molecule has 2 saturated carbocycles. The third-order valence-electron chi connectivity index (χ3n) is 8.43. The second kappa shape index (κ2) is 9.37. The second-order valence-electron chi connectivity index (χ2n) is 11.5. The minimum atomic E-state index is -3.29. The topological polar surface area (TPSA) is 76.4 Å². The highest BCUT2D eigenvalue weighted by atomic mass is 19.3. The number of benzene rings is 1. The molecule has 0 aromatic heterocycles. The molecule has 2 saturated heterocycles. The molecule has 2 aliphatic heterocycles. The summed E-state index contributed by atoms with van der Waals surface area (Å²) in [5, 5.41) is 12.0. The van der Waals surface area contributed by atoms with Gasteiger partial charge in [0.2, 0.25) is 0 Å². The number of nitrogens with one attached hydrogen (secondary N) is 1. The van der Waals surface area contributed by atoms with Crippen molar-refractivity contribution in [3.8, 4) is 6.07 Å². The van der Waals surface area contributed by atoms with Gasteiger partial charge >= 0.3 is 6.03 Å². The Morgan fingerprint density at radius 3 is 2.31 bits per heavy atom. The maximum atomic E-state index is 15.0. The molecule has 4 fully saturated rings. The van der Waals surface area contributed by atoms with Crippen LogP contribution in [0, 0.1) is 28.0 Å². The van der Waals surface area contributed by atoms with Crippen LogP contribution in [0.4, 0.5) is 18.0 Å². The van der Waals surface area contributed by atoms with Gasteiger partial charge in [0, 0.05) is 43.8 Å². The normalized spacial score (nSPS) is 23.4. The Labute approximate surface area is 209 Å². The molecule has 4 aliphatic rings. The Kier molecular flexibility index (Phi) is 6.52. The lowest BCUT2D eigenvalue weighted by Crippen LogP contribution is -2.65. The zero-order valence-corrected chi connectivity index (χ0v) is 20.4. The highest BCUT2D eigenvalue weighted by Crippen LogP contribution is 2.48. The van der Waals surface area contributed by atoms with Gasteiger partial charge in [0.1, 0.15) is 5.82 Å². The number of alkyl halides is 2. The van der Waals surface area contributed by atoms with E-state index in [0.29, 0.717) is 25.9 Å². The molecule has 36 heavy (non-hydrogen) atoms. The summed E-state index contributed by atoms with van der Waals surface area (Å²) in [7, 11) is 0. The van der Waals surface area contributed by atoms with Crippen molar-refractivity contribution in [3.63, 3.8) is 0 Å². The lowest BCUT2D eigenvalue weighted by molar-refractivity contribution is -0.124. The van der Waals surface area contributed by atoms with Crippen molar-refractivity contribution in [2.24, 2.45) is 10.8 Å². The minimum Gasteiger partial charge on any atom is -0.328 e. The number of likely N-dealkylation sites (tertiary alicyclic amines) is 2. The lowest BCUT2D eigenvalue weighted by Gasteiger charge is -2.54. The van der Waals surface area contributed by atoms with Crippen molar-refractivity contribution in [1.29, 1.82) is 5.26 Å². The van der Waals surface area contributed by atoms with E-state index in [9.17, 15) is 19.2 Å². The van der Waals surface area contributed by atoms with Crippen LogP contribution in [-0.2, 0) is 11.2 Å². The number of halogens is 3. The summed E-state index contributed by atoms with van der Waals surface area (Å²) < 4.78 is 43.2. The Bertz CT molecular complexity index is 1030. The number of rotatable bonds is 9. The molecular formula is C27H33F3N4O2. The molecule has 1 aromatic carbocycles. The van der Waals surface area contributed by atoms with Crippen LogP contribution in [0.1, 0.15) is 56.9 Å². The Hall–Kier alpha value is -2.60. The Morgan fingerprint density at radius 2 is 1.75 bits per heavy atom. The summed E-state index contributed by atoms with van der Waals surface area (Å²) in [6.45, 7) is 3.22. The number of hydrogen-bond acceptors (Lipinski definition) is 4. The van der Waals surface area contributed by atoms with Gasteiger partial charge in [-0.2, -0.15) is 5.26 Å². The third kappa shape index (κ3) is 5.69. The van der Waals surface area contributed by atoms with Gasteiger partial charge in [-0.3, -0.25) is 4.79 Å². The molecular weight excluding hydrogens is 469 g/mol. The quantitative estimate of drug-likeness (QED) is 0.547. The van der Waals surface area contributed by atoms with E-state index in [-0.39, 0.29) is 17.4 Å². The number of piperidine rings is 1. The molecule has 1 N–H and O–H groups in total. The van der Waals surface area contributed by atoms with Crippen LogP contribution >= 0.6 is 0 Å². The predicted molar refractivity (Wildman–Crippen MR) is 127 cm³/mol. The highest BCUT2D eigenvalue weighted by molar-refractivity contribution is 5.89. The van der Waals surface area contributed by atoms with E-state index < -0.39 is 47.9 Å². The van der Waals surface area contributed by atoms with E-state index in [2.05, 4.69) is 16.3 Å². The molecule has 0 unspecified atom stereocenters. The molecule has 2 amide bonds. The molecule has 0 bridgehead atoms. The summed E-state index contributed by atoms with van der Waals surface area (Å²) in [5.74, 6) is -4.34. The van der Waals surface area contributed by atoms with Gasteiger partial charge in [0.25, 0.3) is 5.92 Å². The molecule has 1 aromatic rings. The average molecular weight is 503 g/mol. The van der Waals surface area contributed by atoms with Crippen LogP contribution in [0.3, 0.4) is 0 Å². The van der Waals surface area contributed by atoms with Gasteiger partial charge in [0.05, 0.1) is 17.5 Å². The third-order valence-corrected chi connectivity index (χ3v) is 8.43. The zero-order valence-electron chi connectivity index (χ0n) is 20.4. The monoisotopic (exact) mass is 502 g/mol. The lowest BCUT2D eigenvalue weighted by atomic mass is 9.72. The van der Waals surface area contributed by atoms with Crippen molar-refractivity contribution >= 4 is 11.8 Å². The van der Waals surface area contributed by atoms with Gasteiger partial charge in [-0.15, -0.1) is 0 Å². The number of hydrogen-bond donors (Lipinski definition) is 1. The second-order valence-corrected chi connectivity index (χ2v) is 11.5. The SMILES string of the molecule is N#CC1(CC(=O)[C@H](CC(F)(F)Cc2ccc(F)cc2)NC(=O)N2CC3(CCN(C4CC4)CC3)C2)CC1. The van der Waals surface area contributed by atoms with Gasteiger partial charge in [-0.25, -0.2) is 18.0 Å². The number of amides is 2. The number of urea groups is 1. The summed E-state index contributed by atoms with van der Waals surface area (Å²) in [6.07, 6.45) is 4.06. The molecule has 1 spiro atoms. The molecule has 1 atom stereocenters. The first-order valence-electron chi connectivity index (χ1n) is 13.0. The molecule has 2 heterocycles. The van der Waals surface area contributed by atoms with E-state index >= 15 is 8.78 Å². The number of nitrogens with zero attached hydrogens (tertiary/aromatic N) is 3. The van der Waals surface area contributed by atoms with Crippen molar-refractivity contribution in [3.05, 3.63) is 35.6 Å². The molecule has 2 aliphatic carbocycles. The average Bonchev–Trinajstić information content (AvgIpc) is 3.74. The van der Waals surface area contributed by atoms with Gasteiger partial charge in [-0.1, -0.05) is 12.1 Å². The highest BCUT2D eigenvalue weighted by Gasteiger charge is 2.50. The number of carbonyl (C=O) groups excluding carboxylic acids is 2. The van der Waals surface area contributed by atoms with Crippen LogP contribution in [-0.4, -0.2) is 65.8 Å². The van der Waals surface area contributed by atoms with E-state index in [1.807, 2.05) is 0 Å². The fourth-order valence-electron chi connectivity index (χ4n) is 5.72. The summed E-state index contributed by atoms with van der Waals surface area (Å²) in [4.78, 5) is 30.1. The number of nitriles is 1. The number of ketones is 1. The molecule has 194 valence electrons. The summed E-state index contributed by atoms with van der Waals surface area (Å²) in [6, 6.07) is 5.80. The van der Waals surface area contributed by atoms with Gasteiger partial charge in [0.15, 0.2) is 5.78 Å². The van der Waals surface area contributed by atoms with E-state index in [1.54, 1.807) is 4.90 Å². The van der Waals surface area contributed by atoms with E-state index in [0.717, 1.165) is 44.1 Å². The summed E-state index contributed by atoms with van der Waals surface area (Å²) >= 11 is 0. The smallest absolute Gasteiger partial charge is 0.318 e. The van der Waals surface area contributed by atoms with Crippen molar-refractivity contribution in [1.82, 2.24) is 15.1 Å². The standard InChI is InChI=1S/C27H33F3N4O2/c28-20-3-1-19(2-4-20)13-27(29,30)14-22(23(35)15-25(16-31)7-8-25)32-24(36)34-17-26(18-34)9-11-33(12-10-26)21-5-6-21/h1-4,21-22H,5-15,17-18H2,(H,32,36)/t22-/m0/s1. The fourth-order valence-corrected chi connectivity index (χ4v) is 5.72. The maximum Gasteiger partial charge on any atom is 0.318 e. The fraction of sp³-hybridized carbons (Fsp3) is 0.667. The first-order chi connectivity index (χ1) is 17.1. The molecule has 9 heteroatoms. The zero-order chi connectivity index (χ0) is 25.6. The summed E-state index contributed by atoms with van der Waals surface area (Å²) in [5.41, 5.74) is -0.451. The molecule has 6 nitrogen and oxygen atoms in total. The van der Waals surface area contributed by atoms with Crippen LogP contribution in [0.15, 0.2) is 24.3 Å². The first-order valence-corrected chi connectivity index (χ1v) is 13.0. The molecule has 5 rings (SSSR count). The number of Topliss-reactive ketones (excluding diaryl/α,β-unsaturated/α-hetero) is 1. The van der Waals surface area contributed by atoms with Crippen molar-refractivity contribution < 1.29 is 22.8 Å².